The number of carbonyl (C=O) groups excluding carboxylic acids is 1. The number of hydrogen-bond donors (Lipinski definition) is 1. The van der Waals surface area contributed by atoms with Crippen LogP contribution in [0.15, 0.2) is 96.2 Å². The molecule has 0 radical (unpaired) electrons. The number of anilines is 2. The van der Waals surface area contributed by atoms with E-state index in [4.69, 9.17) is 9.84 Å². The summed E-state index contributed by atoms with van der Waals surface area (Å²) >= 11 is 0. The van der Waals surface area contributed by atoms with Gasteiger partial charge in [0.15, 0.2) is 0 Å². The molecule has 5 heteroatoms. The predicted molar refractivity (Wildman–Crippen MR) is 160 cm³/mol. The number of aromatic nitrogens is 1. The van der Waals surface area contributed by atoms with Gasteiger partial charge in [-0.25, -0.2) is 9.80 Å². The van der Waals surface area contributed by atoms with E-state index in [1.54, 1.807) is 0 Å². The first kappa shape index (κ1) is 26.5. The largest absolute Gasteiger partial charge is 0.462 e. The summed E-state index contributed by atoms with van der Waals surface area (Å²) in [6, 6.07) is 28.0. The lowest BCUT2D eigenvalue weighted by molar-refractivity contribution is 0.0498. The molecule has 1 aromatic heterocycles. The van der Waals surface area contributed by atoms with Gasteiger partial charge >= 0.3 is 5.97 Å². The van der Waals surface area contributed by atoms with Crippen LogP contribution in [-0.4, -0.2) is 23.3 Å². The lowest BCUT2D eigenvalue weighted by Crippen LogP contribution is -2.14. The molecule has 0 saturated heterocycles. The highest BCUT2D eigenvalue weighted by Crippen LogP contribution is 2.40. The summed E-state index contributed by atoms with van der Waals surface area (Å²) in [4.78, 5) is 16.6. The van der Waals surface area contributed by atoms with Gasteiger partial charge in [0, 0.05) is 22.9 Å². The molecule has 39 heavy (non-hydrogen) atoms. The van der Waals surface area contributed by atoms with Crippen molar-refractivity contribution in [2.24, 2.45) is 5.10 Å². The normalized spacial score (nSPS) is 12.8. The Balaban J connectivity index is 1.38. The van der Waals surface area contributed by atoms with Crippen LogP contribution in [0.25, 0.3) is 11.1 Å². The summed E-state index contributed by atoms with van der Waals surface area (Å²) in [7, 11) is 0. The Morgan fingerprint density at radius 3 is 2.18 bits per heavy atom. The van der Waals surface area contributed by atoms with Gasteiger partial charge < -0.3 is 9.72 Å². The number of nitrogens with one attached hydrogen (secondary N) is 1. The first-order valence-electron chi connectivity index (χ1n) is 14.3. The van der Waals surface area contributed by atoms with E-state index in [2.05, 4.69) is 24.0 Å². The number of benzene rings is 3. The highest BCUT2D eigenvalue weighted by atomic mass is 16.5. The number of hydrogen-bond acceptors (Lipinski definition) is 4. The van der Waals surface area contributed by atoms with E-state index < -0.39 is 0 Å². The van der Waals surface area contributed by atoms with Crippen molar-refractivity contribution >= 4 is 23.2 Å². The molecule has 0 atom stereocenters. The molecule has 1 aliphatic carbocycles. The van der Waals surface area contributed by atoms with Crippen LogP contribution in [0, 0.1) is 0 Å². The van der Waals surface area contributed by atoms with Crippen LogP contribution < -0.4 is 5.01 Å². The van der Waals surface area contributed by atoms with E-state index in [0.29, 0.717) is 12.2 Å². The summed E-state index contributed by atoms with van der Waals surface area (Å²) in [5.74, 6) is 0.593. The summed E-state index contributed by atoms with van der Waals surface area (Å²) in [6.07, 6.45) is 11.6. The lowest BCUT2D eigenvalue weighted by Gasteiger charge is -2.19. The Morgan fingerprint density at radius 2 is 1.44 bits per heavy atom. The van der Waals surface area contributed by atoms with E-state index >= 15 is 0 Å². The molecule has 0 spiro atoms. The molecule has 0 unspecified atom stereocenters. The van der Waals surface area contributed by atoms with Crippen LogP contribution in [0.2, 0.25) is 0 Å². The Labute approximate surface area is 231 Å². The van der Waals surface area contributed by atoms with Gasteiger partial charge in [0.2, 0.25) is 0 Å². The molecule has 0 fully saturated rings. The number of esters is 1. The summed E-state index contributed by atoms with van der Waals surface area (Å²) in [5.41, 5.74) is 6.21. The SMILES string of the molecule is CCCCCCCCCCOC(=O)c1cccc2c1-c1ccccc1C2=NN(c1ccccc1)c1ccc[nH]1. The first-order chi connectivity index (χ1) is 19.3. The second-order valence-corrected chi connectivity index (χ2v) is 10.0. The fraction of sp³-hybridized carbons (Fsp3) is 0.294. The minimum absolute atomic E-state index is 0.268. The highest BCUT2D eigenvalue weighted by Gasteiger charge is 2.30. The fourth-order valence-corrected chi connectivity index (χ4v) is 5.22. The molecule has 200 valence electrons. The Morgan fingerprint density at radius 1 is 0.744 bits per heavy atom. The van der Waals surface area contributed by atoms with Gasteiger partial charge in [-0.1, -0.05) is 106 Å². The Kier molecular flexibility index (Phi) is 8.90. The predicted octanol–water partition coefficient (Wildman–Crippen LogP) is 8.88. The lowest BCUT2D eigenvalue weighted by atomic mass is 9.99. The van der Waals surface area contributed by atoms with Crippen LogP contribution in [0.5, 0.6) is 0 Å². The number of nitrogens with zero attached hydrogens (tertiary/aromatic N) is 2. The Hall–Kier alpha value is -4.12. The number of H-pyrrole nitrogens is 1. The number of aromatic amines is 1. The van der Waals surface area contributed by atoms with E-state index in [-0.39, 0.29) is 5.97 Å². The molecule has 5 rings (SSSR count). The van der Waals surface area contributed by atoms with Crippen molar-refractivity contribution in [3.05, 3.63) is 108 Å². The number of unbranched alkanes of at least 4 members (excludes halogenated alkanes) is 7. The highest BCUT2D eigenvalue weighted by molar-refractivity contribution is 6.27. The van der Waals surface area contributed by atoms with Gasteiger partial charge in [-0.3, -0.25) is 0 Å². The van der Waals surface area contributed by atoms with E-state index in [1.807, 2.05) is 84.0 Å². The second-order valence-electron chi connectivity index (χ2n) is 10.0. The van der Waals surface area contributed by atoms with Gasteiger partial charge in [0.25, 0.3) is 0 Å². The molecule has 3 aromatic carbocycles. The third-order valence-corrected chi connectivity index (χ3v) is 7.23. The van der Waals surface area contributed by atoms with Crippen LogP contribution >= 0.6 is 0 Å². The maximum atomic E-state index is 13.3. The maximum Gasteiger partial charge on any atom is 0.338 e. The number of ether oxygens (including phenoxy) is 1. The maximum absolute atomic E-state index is 13.3. The number of para-hydroxylation sites is 1. The molecule has 0 saturated carbocycles. The zero-order valence-corrected chi connectivity index (χ0v) is 22.7. The van der Waals surface area contributed by atoms with Crippen molar-refractivity contribution in [2.75, 3.05) is 11.6 Å². The van der Waals surface area contributed by atoms with Crippen molar-refractivity contribution in [3.8, 4) is 11.1 Å². The monoisotopic (exact) mass is 519 g/mol. The zero-order valence-electron chi connectivity index (χ0n) is 22.7. The second kappa shape index (κ2) is 13.1. The van der Waals surface area contributed by atoms with Gasteiger partial charge in [0.1, 0.15) is 5.82 Å². The van der Waals surface area contributed by atoms with Crippen LogP contribution in [0.4, 0.5) is 11.5 Å². The molecule has 4 aromatic rings. The topological polar surface area (TPSA) is 57.7 Å². The van der Waals surface area contributed by atoms with Crippen LogP contribution in [0.3, 0.4) is 0 Å². The minimum atomic E-state index is -0.268. The number of hydrazone groups is 1. The molecule has 1 aliphatic rings. The van der Waals surface area contributed by atoms with E-state index in [9.17, 15) is 4.79 Å². The fourth-order valence-electron chi connectivity index (χ4n) is 5.22. The average molecular weight is 520 g/mol. The third kappa shape index (κ3) is 6.14. The molecule has 0 bridgehead atoms. The van der Waals surface area contributed by atoms with Crippen LogP contribution in [-0.2, 0) is 4.74 Å². The molecule has 1 N–H and O–H groups in total. The molecule has 0 amide bonds. The van der Waals surface area contributed by atoms with Crippen molar-refractivity contribution in [1.29, 1.82) is 0 Å². The molecule has 1 heterocycles. The van der Waals surface area contributed by atoms with Crippen molar-refractivity contribution < 1.29 is 9.53 Å². The quantitative estimate of drug-likeness (QED) is 0.0960. The first-order valence-corrected chi connectivity index (χ1v) is 14.3. The average Bonchev–Trinajstić information content (AvgIpc) is 3.62. The third-order valence-electron chi connectivity index (χ3n) is 7.23. The van der Waals surface area contributed by atoms with E-state index in [0.717, 1.165) is 52.3 Å². The number of rotatable bonds is 13. The summed E-state index contributed by atoms with van der Waals surface area (Å²) in [5, 5.41) is 7.07. The standard InChI is InChI=1S/C34H37N3O2/c1-2-3-4-5-6-7-8-14-25-39-34(38)30-22-15-21-29-32(30)27-19-12-13-20-28(27)33(29)36-37(31-23-16-24-35-31)26-17-10-9-11-18-26/h9-13,15-24,35H,2-8,14,25H2,1H3. The molecule has 0 aliphatic heterocycles. The van der Waals surface area contributed by atoms with Crippen LogP contribution in [0.1, 0.15) is 79.8 Å². The molecular formula is C34H37N3O2. The molecule has 5 nitrogen and oxygen atoms in total. The van der Waals surface area contributed by atoms with Crippen molar-refractivity contribution in [3.63, 3.8) is 0 Å². The summed E-state index contributed by atoms with van der Waals surface area (Å²) in [6.45, 7) is 2.69. The molecular weight excluding hydrogens is 482 g/mol. The van der Waals surface area contributed by atoms with Gasteiger partial charge in [-0.2, -0.15) is 5.10 Å². The van der Waals surface area contributed by atoms with Crippen molar-refractivity contribution in [2.45, 2.75) is 58.3 Å². The van der Waals surface area contributed by atoms with Gasteiger partial charge in [-0.15, -0.1) is 0 Å². The van der Waals surface area contributed by atoms with Gasteiger partial charge in [-0.05, 0) is 42.3 Å². The smallest absolute Gasteiger partial charge is 0.338 e. The Bertz CT molecular complexity index is 1390. The van der Waals surface area contributed by atoms with Crippen molar-refractivity contribution in [1.82, 2.24) is 4.98 Å². The number of carbonyl (C=O) groups is 1. The van der Waals surface area contributed by atoms with E-state index in [1.165, 1.54) is 38.5 Å². The van der Waals surface area contributed by atoms with Gasteiger partial charge in [0.05, 0.1) is 23.6 Å². The summed E-state index contributed by atoms with van der Waals surface area (Å²) < 4.78 is 5.76. The minimum Gasteiger partial charge on any atom is -0.462 e. The zero-order chi connectivity index (χ0) is 26.9. The number of fused-ring (bicyclic) bond motifs is 3.